The lowest BCUT2D eigenvalue weighted by Crippen LogP contribution is -2.47. The first-order valence-corrected chi connectivity index (χ1v) is 10.9. The maximum atomic E-state index is 13.0. The molecule has 1 unspecified atom stereocenters. The maximum Gasteiger partial charge on any atom is 0.338 e. The largest absolute Gasteiger partial charge is 0.462 e. The smallest absolute Gasteiger partial charge is 0.338 e. The van der Waals surface area contributed by atoms with Crippen LogP contribution < -0.4 is 5.32 Å². The van der Waals surface area contributed by atoms with Crippen molar-refractivity contribution in [3.63, 3.8) is 0 Å². The minimum Gasteiger partial charge on any atom is -0.462 e. The number of rotatable bonds is 8. The van der Waals surface area contributed by atoms with Crippen LogP contribution in [0.5, 0.6) is 0 Å². The van der Waals surface area contributed by atoms with Gasteiger partial charge in [-0.2, -0.15) is 11.8 Å². The normalized spacial score (nSPS) is 13.7. The minimum absolute atomic E-state index is 0.273. The Morgan fingerprint density at radius 1 is 1.03 bits per heavy atom. The Labute approximate surface area is 178 Å². The first-order chi connectivity index (χ1) is 14.5. The first-order valence-electron chi connectivity index (χ1n) is 9.51. The molecule has 7 nitrogen and oxygen atoms in total. The number of nitrogens with zero attached hydrogens (tertiary/aromatic N) is 1. The van der Waals surface area contributed by atoms with Crippen molar-refractivity contribution in [2.45, 2.75) is 19.4 Å². The van der Waals surface area contributed by atoms with Crippen molar-refractivity contribution in [1.82, 2.24) is 4.90 Å². The zero-order chi connectivity index (χ0) is 21.7. The van der Waals surface area contributed by atoms with E-state index < -0.39 is 29.7 Å². The van der Waals surface area contributed by atoms with Crippen LogP contribution in [0.15, 0.2) is 48.5 Å². The van der Waals surface area contributed by atoms with Crippen molar-refractivity contribution >= 4 is 41.1 Å². The molecule has 1 aliphatic rings. The highest BCUT2D eigenvalue weighted by Crippen LogP contribution is 2.27. The van der Waals surface area contributed by atoms with E-state index in [1.807, 2.05) is 6.26 Å². The number of carbonyl (C=O) groups excluding carboxylic acids is 4. The van der Waals surface area contributed by atoms with Crippen molar-refractivity contribution < 1.29 is 23.9 Å². The van der Waals surface area contributed by atoms with Crippen molar-refractivity contribution in [3.05, 3.63) is 65.2 Å². The molecule has 0 spiro atoms. The average Bonchev–Trinajstić information content (AvgIpc) is 3.00. The lowest BCUT2D eigenvalue weighted by atomic mass is 10.1. The lowest BCUT2D eigenvalue weighted by Gasteiger charge is -2.25. The molecule has 30 heavy (non-hydrogen) atoms. The topological polar surface area (TPSA) is 92.8 Å². The van der Waals surface area contributed by atoms with Gasteiger partial charge >= 0.3 is 5.97 Å². The summed E-state index contributed by atoms with van der Waals surface area (Å²) in [5.41, 5.74) is 1.44. The minimum atomic E-state index is -0.936. The van der Waals surface area contributed by atoms with E-state index in [9.17, 15) is 19.2 Å². The van der Waals surface area contributed by atoms with Gasteiger partial charge in [0.05, 0.1) is 23.3 Å². The molecule has 1 heterocycles. The van der Waals surface area contributed by atoms with Crippen LogP contribution in [0, 0.1) is 0 Å². The van der Waals surface area contributed by atoms with Crippen LogP contribution in [0.3, 0.4) is 0 Å². The van der Waals surface area contributed by atoms with E-state index in [-0.39, 0.29) is 6.61 Å². The molecule has 2 aromatic rings. The van der Waals surface area contributed by atoms with E-state index in [4.69, 9.17) is 4.74 Å². The highest BCUT2D eigenvalue weighted by atomic mass is 32.2. The number of ether oxygens (including phenoxy) is 1. The fourth-order valence-corrected chi connectivity index (χ4v) is 3.69. The van der Waals surface area contributed by atoms with Crippen LogP contribution in [0.25, 0.3) is 0 Å². The summed E-state index contributed by atoms with van der Waals surface area (Å²) >= 11 is 1.53. The van der Waals surface area contributed by atoms with Gasteiger partial charge < -0.3 is 10.1 Å². The Balaban J connectivity index is 1.79. The second kappa shape index (κ2) is 9.58. The van der Waals surface area contributed by atoms with Crippen molar-refractivity contribution in [3.8, 4) is 0 Å². The van der Waals surface area contributed by atoms with Gasteiger partial charge in [-0.05, 0) is 61.8 Å². The molecule has 1 aliphatic heterocycles. The molecule has 156 valence electrons. The predicted molar refractivity (Wildman–Crippen MR) is 115 cm³/mol. The number of benzene rings is 2. The summed E-state index contributed by atoms with van der Waals surface area (Å²) in [7, 11) is 0. The Kier molecular flexibility index (Phi) is 6.89. The van der Waals surface area contributed by atoms with Crippen LogP contribution in [-0.4, -0.2) is 53.2 Å². The van der Waals surface area contributed by atoms with Gasteiger partial charge in [-0.15, -0.1) is 0 Å². The van der Waals surface area contributed by atoms with Crippen molar-refractivity contribution in [1.29, 1.82) is 0 Å². The quantitative estimate of drug-likeness (QED) is 0.515. The molecule has 0 bridgehead atoms. The van der Waals surface area contributed by atoms with Gasteiger partial charge in [0.15, 0.2) is 0 Å². The molecule has 0 fully saturated rings. The first kappa shape index (κ1) is 21.6. The Morgan fingerprint density at radius 2 is 1.63 bits per heavy atom. The van der Waals surface area contributed by atoms with Gasteiger partial charge in [-0.1, -0.05) is 12.1 Å². The Morgan fingerprint density at radius 3 is 2.17 bits per heavy atom. The SMILES string of the molecule is CCOC(=O)c1ccc(NC(=O)C(CCSC)N2C(=O)c3ccccc3C2=O)cc1. The number of nitrogens with one attached hydrogen (secondary N) is 1. The molecule has 0 saturated heterocycles. The summed E-state index contributed by atoms with van der Waals surface area (Å²) < 4.78 is 4.94. The third kappa shape index (κ3) is 4.38. The standard InChI is InChI=1S/C22H22N2O5S/c1-3-29-22(28)14-8-10-15(11-9-14)23-19(25)18(12-13-30-2)24-20(26)16-6-4-5-7-17(16)21(24)27/h4-11,18H,3,12-13H2,1-2H3,(H,23,25). The van der Waals surface area contributed by atoms with Gasteiger partial charge in [0, 0.05) is 5.69 Å². The summed E-state index contributed by atoms with van der Waals surface area (Å²) in [5, 5.41) is 2.75. The van der Waals surface area contributed by atoms with E-state index in [1.165, 1.54) is 11.8 Å². The van der Waals surface area contributed by atoms with Gasteiger partial charge in [-0.3, -0.25) is 19.3 Å². The third-order valence-corrected chi connectivity index (χ3v) is 5.34. The zero-order valence-electron chi connectivity index (χ0n) is 16.7. The monoisotopic (exact) mass is 426 g/mol. The lowest BCUT2D eigenvalue weighted by molar-refractivity contribution is -0.120. The van der Waals surface area contributed by atoms with E-state index in [1.54, 1.807) is 55.5 Å². The maximum absolute atomic E-state index is 13.0. The number of fused-ring (bicyclic) bond motifs is 1. The highest BCUT2D eigenvalue weighted by Gasteiger charge is 2.42. The second-order valence-electron chi connectivity index (χ2n) is 6.61. The number of hydrogen-bond donors (Lipinski definition) is 1. The molecule has 8 heteroatoms. The van der Waals surface area contributed by atoms with Gasteiger partial charge in [0.1, 0.15) is 6.04 Å². The number of hydrogen-bond acceptors (Lipinski definition) is 6. The molecule has 1 N–H and O–H groups in total. The molecule has 2 aromatic carbocycles. The van der Waals surface area contributed by atoms with Gasteiger partial charge in [0.2, 0.25) is 5.91 Å². The molecule has 0 saturated carbocycles. The van der Waals surface area contributed by atoms with Crippen LogP contribution in [0.1, 0.15) is 44.4 Å². The number of esters is 1. The average molecular weight is 426 g/mol. The summed E-state index contributed by atoms with van der Waals surface area (Å²) in [5.74, 6) is -1.22. The summed E-state index contributed by atoms with van der Waals surface area (Å²) in [6.07, 6.45) is 2.23. The Bertz CT molecular complexity index is 939. The molecule has 0 aromatic heterocycles. The van der Waals surface area contributed by atoms with Crippen molar-refractivity contribution in [2.24, 2.45) is 0 Å². The molecular weight excluding hydrogens is 404 g/mol. The summed E-state index contributed by atoms with van der Waals surface area (Å²) in [4.78, 5) is 51.5. The molecule has 3 rings (SSSR count). The molecule has 1 atom stereocenters. The number of imide groups is 1. The third-order valence-electron chi connectivity index (χ3n) is 4.70. The fourth-order valence-electron chi connectivity index (χ4n) is 3.23. The zero-order valence-corrected chi connectivity index (χ0v) is 17.5. The predicted octanol–water partition coefficient (Wildman–Crippen LogP) is 3.22. The van der Waals surface area contributed by atoms with E-state index >= 15 is 0 Å². The van der Waals surface area contributed by atoms with E-state index in [0.29, 0.717) is 34.6 Å². The number of thioether (sulfide) groups is 1. The van der Waals surface area contributed by atoms with E-state index in [0.717, 1.165) is 4.90 Å². The Hall–Kier alpha value is -3.13. The van der Waals surface area contributed by atoms with Crippen LogP contribution in [0.2, 0.25) is 0 Å². The molecule has 3 amide bonds. The summed E-state index contributed by atoms with van der Waals surface area (Å²) in [6, 6.07) is 11.9. The number of carbonyl (C=O) groups is 4. The highest BCUT2D eigenvalue weighted by molar-refractivity contribution is 7.98. The molecule has 0 aliphatic carbocycles. The van der Waals surface area contributed by atoms with Crippen LogP contribution in [-0.2, 0) is 9.53 Å². The van der Waals surface area contributed by atoms with Gasteiger partial charge in [0.25, 0.3) is 11.8 Å². The fraction of sp³-hybridized carbons (Fsp3) is 0.273. The van der Waals surface area contributed by atoms with Crippen molar-refractivity contribution in [2.75, 3.05) is 23.9 Å². The number of anilines is 1. The molecular formula is C22H22N2O5S. The van der Waals surface area contributed by atoms with Crippen LogP contribution in [0.4, 0.5) is 5.69 Å². The molecule has 0 radical (unpaired) electrons. The van der Waals surface area contributed by atoms with Crippen LogP contribution >= 0.6 is 11.8 Å². The van der Waals surface area contributed by atoms with Gasteiger partial charge in [-0.25, -0.2) is 4.79 Å². The number of amides is 3. The second-order valence-corrected chi connectivity index (χ2v) is 7.60. The summed E-state index contributed by atoms with van der Waals surface area (Å²) in [6.45, 7) is 2.00. The van der Waals surface area contributed by atoms with E-state index in [2.05, 4.69) is 5.32 Å².